The van der Waals surface area contributed by atoms with Crippen molar-refractivity contribution < 1.29 is 4.79 Å². The zero-order chi connectivity index (χ0) is 20.2. The van der Waals surface area contributed by atoms with Crippen LogP contribution in [0, 0.1) is 0 Å². The molecule has 2 aromatic rings. The number of nitrogens with zero attached hydrogens (tertiary/aromatic N) is 4. The average molecular weight is 434 g/mol. The second kappa shape index (κ2) is 9.18. The molecule has 1 aliphatic carbocycles. The molecular formula is C21H25Cl2N5O. The van der Waals surface area contributed by atoms with Crippen molar-refractivity contribution in [1.29, 1.82) is 0 Å². The summed E-state index contributed by atoms with van der Waals surface area (Å²) in [4.78, 5) is 16.6. The number of carbonyl (C=O) groups is 1. The summed E-state index contributed by atoms with van der Waals surface area (Å²) < 4.78 is 0. The summed E-state index contributed by atoms with van der Waals surface area (Å²) in [7, 11) is 0. The van der Waals surface area contributed by atoms with Crippen LogP contribution in [0.5, 0.6) is 0 Å². The van der Waals surface area contributed by atoms with Gasteiger partial charge in [0, 0.05) is 42.8 Å². The van der Waals surface area contributed by atoms with Gasteiger partial charge in [-0.25, -0.2) is 4.79 Å². The van der Waals surface area contributed by atoms with Crippen LogP contribution < -0.4 is 10.2 Å². The van der Waals surface area contributed by atoms with E-state index in [9.17, 15) is 4.79 Å². The van der Waals surface area contributed by atoms with Crippen LogP contribution in [0.1, 0.15) is 32.1 Å². The molecule has 2 fully saturated rings. The van der Waals surface area contributed by atoms with Crippen molar-refractivity contribution in [1.82, 2.24) is 20.4 Å². The van der Waals surface area contributed by atoms with Crippen molar-refractivity contribution >= 4 is 35.1 Å². The highest BCUT2D eigenvalue weighted by Gasteiger charge is 2.24. The Morgan fingerprint density at radius 1 is 0.966 bits per heavy atom. The van der Waals surface area contributed by atoms with Crippen molar-refractivity contribution in [3.8, 4) is 11.3 Å². The van der Waals surface area contributed by atoms with Crippen LogP contribution in [0.15, 0.2) is 30.3 Å². The molecule has 1 saturated carbocycles. The van der Waals surface area contributed by atoms with Crippen molar-refractivity contribution in [2.45, 2.75) is 38.1 Å². The van der Waals surface area contributed by atoms with E-state index in [1.165, 1.54) is 19.3 Å². The van der Waals surface area contributed by atoms with Crippen molar-refractivity contribution in [3.05, 3.63) is 40.4 Å². The van der Waals surface area contributed by atoms with Crippen LogP contribution >= 0.6 is 23.2 Å². The molecule has 0 bridgehead atoms. The highest BCUT2D eigenvalue weighted by atomic mass is 35.5. The van der Waals surface area contributed by atoms with E-state index >= 15 is 0 Å². The van der Waals surface area contributed by atoms with E-state index in [0.717, 1.165) is 37.3 Å². The molecule has 0 spiro atoms. The first-order valence-electron chi connectivity index (χ1n) is 10.2. The molecule has 6 nitrogen and oxygen atoms in total. The van der Waals surface area contributed by atoms with Gasteiger partial charge < -0.3 is 15.1 Å². The predicted octanol–water partition coefficient (Wildman–Crippen LogP) is 4.61. The van der Waals surface area contributed by atoms with Gasteiger partial charge in [-0.15, -0.1) is 10.2 Å². The normalized spacial score (nSPS) is 18.0. The summed E-state index contributed by atoms with van der Waals surface area (Å²) >= 11 is 12.2. The zero-order valence-corrected chi connectivity index (χ0v) is 17.8. The van der Waals surface area contributed by atoms with Gasteiger partial charge in [0.05, 0.1) is 10.7 Å². The largest absolute Gasteiger partial charge is 0.352 e. The third-order valence-corrected chi connectivity index (χ3v) is 6.23. The van der Waals surface area contributed by atoms with E-state index < -0.39 is 0 Å². The molecule has 4 rings (SSSR count). The molecule has 8 heteroatoms. The fourth-order valence-corrected chi connectivity index (χ4v) is 4.49. The Hall–Kier alpha value is -2.05. The number of piperazine rings is 1. The van der Waals surface area contributed by atoms with E-state index in [2.05, 4.69) is 20.4 Å². The molecule has 0 radical (unpaired) electrons. The highest BCUT2D eigenvalue weighted by molar-refractivity contribution is 6.36. The van der Waals surface area contributed by atoms with Crippen molar-refractivity contribution in [3.63, 3.8) is 0 Å². The number of carbonyl (C=O) groups excluding carboxylic acids is 1. The molecule has 2 aliphatic rings. The number of halogens is 2. The van der Waals surface area contributed by atoms with Gasteiger partial charge in [-0.3, -0.25) is 0 Å². The molecule has 2 amide bonds. The maximum atomic E-state index is 12.5. The lowest BCUT2D eigenvalue weighted by molar-refractivity contribution is 0.186. The van der Waals surface area contributed by atoms with E-state index in [1.54, 1.807) is 12.1 Å². The van der Waals surface area contributed by atoms with Gasteiger partial charge in [-0.1, -0.05) is 42.5 Å². The Balaban J connectivity index is 1.33. The lowest BCUT2D eigenvalue weighted by Crippen LogP contribution is -2.53. The van der Waals surface area contributed by atoms with Crippen LogP contribution in [0.2, 0.25) is 10.0 Å². The van der Waals surface area contributed by atoms with Crippen LogP contribution in [0.4, 0.5) is 10.6 Å². The van der Waals surface area contributed by atoms with Crippen LogP contribution in [0.3, 0.4) is 0 Å². The molecule has 1 aromatic carbocycles. The van der Waals surface area contributed by atoms with E-state index in [1.807, 2.05) is 23.1 Å². The fraction of sp³-hybridized carbons (Fsp3) is 0.476. The number of hydrogen-bond acceptors (Lipinski definition) is 4. The number of nitrogens with one attached hydrogen (secondary N) is 1. The maximum absolute atomic E-state index is 12.5. The summed E-state index contributed by atoms with van der Waals surface area (Å²) in [5.41, 5.74) is 1.51. The van der Waals surface area contributed by atoms with Gasteiger partial charge in [-0.05, 0) is 43.2 Å². The second-order valence-corrected chi connectivity index (χ2v) is 8.50. The van der Waals surface area contributed by atoms with Gasteiger partial charge >= 0.3 is 6.03 Å². The third-order valence-electron chi connectivity index (χ3n) is 5.68. The maximum Gasteiger partial charge on any atom is 0.317 e. The van der Waals surface area contributed by atoms with Gasteiger partial charge in [0.25, 0.3) is 0 Å². The summed E-state index contributed by atoms with van der Waals surface area (Å²) in [5.74, 6) is 0.811. The van der Waals surface area contributed by atoms with Crippen molar-refractivity contribution in [2.75, 3.05) is 31.1 Å². The highest BCUT2D eigenvalue weighted by Crippen LogP contribution is 2.29. The molecule has 1 aliphatic heterocycles. The average Bonchev–Trinajstić information content (AvgIpc) is 2.75. The SMILES string of the molecule is O=C(NC1CCCCC1)N1CCN(c2ccc(-c3ccc(Cl)cc3Cl)nn2)CC1. The van der Waals surface area contributed by atoms with E-state index in [-0.39, 0.29) is 6.03 Å². The van der Waals surface area contributed by atoms with E-state index in [4.69, 9.17) is 23.2 Å². The fourth-order valence-electron chi connectivity index (χ4n) is 3.99. The molecule has 0 atom stereocenters. The number of hydrogen-bond donors (Lipinski definition) is 1. The second-order valence-electron chi connectivity index (χ2n) is 7.66. The third kappa shape index (κ3) is 4.93. The Kier molecular flexibility index (Phi) is 6.40. The molecule has 29 heavy (non-hydrogen) atoms. The van der Waals surface area contributed by atoms with Crippen LogP contribution in [-0.4, -0.2) is 53.3 Å². The van der Waals surface area contributed by atoms with Gasteiger partial charge in [-0.2, -0.15) is 0 Å². The Morgan fingerprint density at radius 2 is 1.72 bits per heavy atom. The summed E-state index contributed by atoms with van der Waals surface area (Å²) in [6.07, 6.45) is 5.93. The smallest absolute Gasteiger partial charge is 0.317 e. The number of aromatic nitrogens is 2. The van der Waals surface area contributed by atoms with E-state index in [0.29, 0.717) is 34.9 Å². The molecule has 154 valence electrons. The van der Waals surface area contributed by atoms with Crippen LogP contribution in [0.25, 0.3) is 11.3 Å². The summed E-state index contributed by atoms with van der Waals surface area (Å²) in [6.45, 7) is 2.86. The van der Waals surface area contributed by atoms with Crippen LogP contribution in [-0.2, 0) is 0 Å². The lowest BCUT2D eigenvalue weighted by atomic mass is 9.96. The number of amides is 2. The first kappa shape index (κ1) is 20.2. The first-order chi connectivity index (χ1) is 14.1. The Labute approximate surface area is 181 Å². The number of benzene rings is 1. The molecule has 2 heterocycles. The van der Waals surface area contributed by atoms with Crippen molar-refractivity contribution in [2.24, 2.45) is 0 Å². The van der Waals surface area contributed by atoms with Gasteiger partial charge in [0.15, 0.2) is 5.82 Å². The quantitative estimate of drug-likeness (QED) is 0.766. The Bertz CT molecular complexity index is 847. The predicted molar refractivity (Wildman–Crippen MR) is 117 cm³/mol. The number of rotatable bonds is 3. The first-order valence-corrected chi connectivity index (χ1v) is 11.0. The molecule has 1 aromatic heterocycles. The number of urea groups is 1. The zero-order valence-electron chi connectivity index (χ0n) is 16.3. The molecule has 1 saturated heterocycles. The minimum absolute atomic E-state index is 0.0652. The minimum Gasteiger partial charge on any atom is -0.352 e. The topological polar surface area (TPSA) is 61.4 Å². The molecule has 1 N–H and O–H groups in total. The Morgan fingerprint density at radius 3 is 2.38 bits per heavy atom. The van der Waals surface area contributed by atoms with Gasteiger partial charge in [0.1, 0.15) is 0 Å². The summed E-state index contributed by atoms with van der Waals surface area (Å²) in [5, 5.41) is 13.0. The minimum atomic E-state index is 0.0652. The molecule has 0 unspecified atom stereocenters. The number of anilines is 1. The standard InChI is InChI=1S/C21H25Cl2N5O/c22-15-6-7-17(18(23)14-15)19-8-9-20(26-25-19)27-10-12-28(13-11-27)21(29)24-16-4-2-1-3-5-16/h6-9,14,16H,1-5,10-13H2,(H,24,29). The van der Waals surface area contributed by atoms with Gasteiger partial charge in [0.2, 0.25) is 0 Å². The summed E-state index contributed by atoms with van der Waals surface area (Å²) in [6, 6.07) is 9.60. The monoisotopic (exact) mass is 433 g/mol. The lowest BCUT2D eigenvalue weighted by Gasteiger charge is -2.36. The molecular weight excluding hydrogens is 409 g/mol.